The van der Waals surface area contributed by atoms with Gasteiger partial charge in [-0.3, -0.25) is 0 Å². The van der Waals surface area contributed by atoms with Gasteiger partial charge < -0.3 is 10.2 Å². The van der Waals surface area contributed by atoms with Crippen LogP contribution in [0.25, 0.3) is 0 Å². The number of nitrogens with one attached hydrogen (secondary N) is 1. The van der Waals surface area contributed by atoms with Gasteiger partial charge in [0.05, 0.1) is 0 Å². The summed E-state index contributed by atoms with van der Waals surface area (Å²) in [6.45, 7) is 4.53. The lowest BCUT2D eigenvalue weighted by molar-refractivity contribution is 0.322. The van der Waals surface area contributed by atoms with Gasteiger partial charge >= 0.3 is 0 Å². The summed E-state index contributed by atoms with van der Waals surface area (Å²) >= 11 is 1.97. The number of likely N-dealkylation sites (N-methyl/N-ethyl adjacent to an activating group) is 1. The average Bonchev–Trinajstić information content (AvgIpc) is 2.81. The normalized spacial score (nSPS) is 20.2. The molecule has 1 N–H and O–H groups in total. The van der Waals surface area contributed by atoms with Crippen molar-refractivity contribution in [2.75, 3.05) is 31.2 Å². The Morgan fingerprint density at radius 1 is 1.33 bits per heavy atom. The Morgan fingerprint density at radius 3 is 2.72 bits per heavy atom. The minimum Gasteiger partial charge on any atom is -0.383 e. The van der Waals surface area contributed by atoms with Crippen molar-refractivity contribution < 1.29 is 0 Å². The average molecular weight is 264 g/mol. The van der Waals surface area contributed by atoms with E-state index in [0.717, 1.165) is 12.3 Å². The number of nitrogens with zero attached hydrogens (tertiary/aromatic N) is 1. The molecule has 0 radical (unpaired) electrons. The standard InChI is InChI=1S/C15H24N2S/c1-3-18-12-13-6-8-14(9-7-13)16-11-15-5-4-10-17(15)2/h6-9,15-16H,3-5,10-12H2,1-2H3. The van der Waals surface area contributed by atoms with Gasteiger partial charge in [-0.05, 0) is 49.9 Å². The lowest BCUT2D eigenvalue weighted by Crippen LogP contribution is -2.31. The highest BCUT2D eigenvalue weighted by Crippen LogP contribution is 2.18. The minimum absolute atomic E-state index is 0.709. The van der Waals surface area contributed by atoms with Gasteiger partial charge in [0.15, 0.2) is 0 Å². The van der Waals surface area contributed by atoms with Crippen molar-refractivity contribution >= 4 is 17.4 Å². The Morgan fingerprint density at radius 2 is 2.11 bits per heavy atom. The molecule has 3 heteroatoms. The van der Waals surface area contributed by atoms with E-state index in [1.807, 2.05) is 11.8 Å². The molecule has 0 spiro atoms. The first kappa shape index (κ1) is 13.8. The van der Waals surface area contributed by atoms with Crippen molar-refractivity contribution in [2.24, 2.45) is 0 Å². The predicted molar refractivity (Wildman–Crippen MR) is 82.4 cm³/mol. The highest BCUT2D eigenvalue weighted by Gasteiger charge is 2.19. The Labute approximate surface area is 115 Å². The molecule has 0 aromatic heterocycles. The van der Waals surface area contributed by atoms with Gasteiger partial charge in [-0.1, -0.05) is 19.1 Å². The number of anilines is 1. The number of likely N-dealkylation sites (tertiary alicyclic amines) is 1. The van der Waals surface area contributed by atoms with Crippen LogP contribution in [0.5, 0.6) is 0 Å². The zero-order valence-electron chi connectivity index (χ0n) is 11.5. The lowest BCUT2D eigenvalue weighted by atomic mass is 10.2. The molecule has 1 unspecified atom stereocenters. The molecule has 1 saturated heterocycles. The molecule has 0 amide bonds. The summed E-state index contributed by atoms with van der Waals surface area (Å²) in [4.78, 5) is 2.46. The molecular formula is C15H24N2S. The van der Waals surface area contributed by atoms with Crippen LogP contribution in [0.1, 0.15) is 25.3 Å². The summed E-state index contributed by atoms with van der Waals surface area (Å²) in [5.41, 5.74) is 2.67. The fourth-order valence-corrected chi connectivity index (χ4v) is 3.04. The maximum absolute atomic E-state index is 3.55. The zero-order valence-corrected chi connectivity index (χ0v) is 12.3. The molecule has 1 fully saturated rings. The Hall–Kier alpha value is -0.670. The van der Waals surface area contributed by atoms with Crippen LogP contribution in [0, 0.1) is 0 Å². The van der Waals surface area contributed by atoms with Crippen LogP contribution in [-0.2, 0) is 5.75 Å². The van der Waals surface area contributed by atoms with Crippen molar-refractivity contribution in [2.45, 2.75) is 31.6 Å². The zero-order chi connectivity index (χ0) is 12.8. The van der Waals surface area contributed by atoms with Crippen molar-refractivity contribution in [3.05, 3.63) is 29.8 Å². The highest BCUT2D eigenvalue weighted by atomic mass is 32.2. The quantitative estimate of drug-likeness (QED) is 0.847. The molecule has 100 valence electrons. The molecule has 0 bridgehead atoms. The summed E-state index contributed by atoms with van der Waals surface area (Å²) in [6.07, 6.45) is 2.67. The fourth-order valence-electron chi connectivity index (χ4n) is 2.41. The molecule has 1 atom stereocenters. The van der Waals surface area contributed by atoms with Gasteiger partial charge in [-0.2, -0.15) is 11.8 Å². The molecule has 1 aromatic rings. The van der Waals surface area contributed by atoms with Crippen LogP contribution in [0.2, 0.25) is 0 Å². The first-order valence-electron chi connectivity index (χ1n) is 6.90. The summed E-state index contributed by atoms with van der Waals surface area (Å²) < 4.78 is 0. The van der Waals surface area contributed by atoms with Gasteiger partial charge in [0.1, 0.15) is 0 Å². The minimum atomic E-state index is 0.709. The van der Waals surface area contributed by atoms with E-state index >= 15 is 0 Å². The number of hydrogen-bond donors (Lipinski definition) is 1. The monoisotopic (exact) mass is 264 g/mol. The van der Waals surface area contributed by atoms with Crippen LogP contribution in [0.3, 0.4) is 0 Å². The van der Waals surface area contributed by atoms with Gasteiger partial charge in [-0.15, -0.1) is 0 Å². The number of rotatable bonds is 6. The number of benzene rings is 1. The molecule has 1 aromatic carbocycles. The van der Waals surface area contributed by atoms with Crippen molar-refractivity contribution in [3.8, 4) is 0 Å². The van der Waals surface area contributed by atoms with E-state index in [2.05, 4.69) is 48.5 Å². The van der Waals surface area contributed by atoms with Gasteiger partial charge in [-0.25, -0.2) is 0 Å². The van der Waals surface area contributed by atoms with Crippen LogP contribution in [0.15, 0.2) is 24.3 Å². The molecule has 1 aliphatic heterocycles. The van der Waals surface area contributed by atoms with E-state index < -0.39 is 0 Å². The lowest BCUT2D eigenvalue weighted by Gasteiger charge is -2.20. The summed E-state index contributed by atoms with van der Waals surface area (Å²) in [7, 11) is 2.23. The van der Waals surface area contributed by atoms with E-state index in [1.165, 1.54) is 36.4 Å². The van der Waals surface area contributed by atoms with Crippen LogP contribution < -0.4 is 5.32 Å². The Balaban J connectivity index is 1.79. The molecular weight excluding hydrogens is 240 g/mol. The molecule has 18 heavy (non-hydrogen) atoms. The number of hydrogen-bond acceptors (Lipinski definition) is 3. The van der Waals surface area contributed by atoms with E-state index in [9.17, 15) is 0 Å². The third-order valence-corrected chi connectivity index (χ3v) is 4.59. The van der Waals surface area contributed by atoms with E-state index in [4.69, 9.17) is 0 Å². The van der Waals surface area contributed by atoms with E-state index in [0.29, 0.717) is 6.04 Å². The largest absolute Gasteiger partial charge is 0.383 e. The smallest absolute Gasteiger partial charge is 0.0340 e. The molecule has 0 saturated carbocycles. The van der Waals surface area contributed by atoms with E-state index in [-0.39, 0.29) is 0 Å². The molecule has 1 aliphatic rings. The second kappa shape index (κ2) is 7.05. The topological polar surface area (TPSA) is 15.3 Å². The van der Waals surface area contributed by atoms with Crippen molar-refractivity contribution in [1.82, 2.24) is 4.90 Å². The Bertz CT molecular complexity index is 350. The summed E-state index contributed by atoms with van der Waals surface area (Å²) in [5, 5.41) is 3.55. The van der Waals surface area contributed by atoms with E-state index in [1.54, 1.807) is 0 Å². The van der Waals surface area contributed by atoms with Gasteiger partial charge in [0.25, 0.3) is 0 Å². The second-order valence-electron chi connectivity index (χ2n) is 4.99. The second-order valence-corrected chi connectivity index (χ2v) is 6.27. The van der Waals surface area contributed by atoms with Crippen molar-refractivity contribution in [1.29, 1.82) is 0 Å². The highest BCUT2D eigenvalue weighted by molar-refractivity contribution is 7.98. The summed E-state index contributed by atoms with van der Waals surface area (Å²) in [5.74, 6) is 2.32. The van der Waals surface area contributed by atoms with Crippen LogP contribution in [-0.4, -0.2) is 36.8 Å². The fraction of sp³-hybridized carbons (Fsp3) is 0.600. The van der Waals surface area contributed by atoms with Crippen LogP contribution in [0.4, 0.5) is 5.69 Å². The molecule has 2 nitrogen and oxygen atoms in total. The van der Waals surface area contributed by atoms with Gasteiger partial charge in [0, 0.05) is 24.0 Å². The maximum Gasteiger partial charge on any atom is 0.0340 e. The molecule has 0 aliphatic carbocycles. The third-order valence-electron chi connectivity index (χ3n) is 3.64. The predicted octanol–water partition coefficient (Wildman–Crippen LogP) is 3.45. The SMILES string of the molecule is CCSCc1ccc(NCC2CCCN2C)cc1. The third kappa shape index (κ3) is 3.92. The first-order chi connectivity index (χ1) is 8.79. The first-order valence-corrected chi connectivity index (χ1v) is 8.06. The summed E-state index contributed by atoms with van der Waals surface area (Å²) in [6, 6.07) is 9.61. The van der Waals surface area contributed by atoms with Crippen molar-refractivity contribution in [3.63, 3.8) is 0 Å². The molecule has 2 rings (SSSR count). The molecule has 1 heterocycles. The maximum atomic E-state index is 3.55. The Kier molecular flexibility index (Phi) is 5.39. The van der Waals surface area contributed by atoms with Gasteiger partial charge in [0.2, 0.25) is 0 Å². The number of thioether (sulfide) groups is 1. The van der Waals surface area contributed by atoms with Crippen LogP contribution >= 0.6 is 11.8 Å².